The molecule has 2 aliphatic rings. The van der Waals surface area contributed by atoms with Gasteiger partial charge < -0.3 is 10.1 Å². The van der Waals surface area contributed by atoms with E-state index in [0.29, 0.717) is 0 Å². The maximum absolute atomic E-state index is 14.3. The van der Waals surface area contributed by atoms with Crippen LogP contribution in [0.4, 0.5) is 25.8 Å². The van der Waals surface area contributed by atoms with Crippen LogP contribution < -0.4 is 13.9 Å². The van der Waals surface area contributed by atoms with Gasteiger partial charge in [-0.3, -0.25) is 8.61 Å². The van der Waals surface area contributed by atoms with Gasteiger partial charge in [0, 0.05) is 19.6 Å². The molecular formula is C18H19F2N3OS. The van der Waals surface area contributed by atoms with Crippen LogP contribution in [0.2, 0.25) is 0 Å². The first-order valence-electron chi connectivity index (χ1n) is 8.35. The smallest absolute Gasteiger partial charge is 0.150 e. The fourth-order valence-electron chi connectivity index (χ4n) is 3.11. The van der Waals surface area contributed by atoms with Crippen LogP contribution in [0.15, 0.2) is 42.5 Å². The minimum Gasteiger partial charge on any atom is -0.376 e. The largest absolute Gasteiger partial charge is 0.376 e. The van der Waals surface area contributed by atoms with Gasteiger partial charge in [0.2, 0.25) is 0 Å². The van der Waals surface area contributed by atoms with E-state index in [1.165, 1.54) is 30.3 Å². The van der Waals surface area contributed by atoms with Crippen molar-refractivity contribution in [3.63, 3.8) is 0 Å². The maximum atomic E-state index is 14.3. The molecule has 1 fully saturated rings. The van der Waals surface area contributed by atoms with Gasteiger partial charge in [-0.1, -0.05) is 18.2 Å². The van der Waals surface area contributed by atoms with Crippen molar-refractivity contribution in [3.8, 4) is 0 Å². The molecule has 0 aromatic heterocycles. The third-order valence-electron chi connectivity index (χ3n) is 4.35. The molecule has 0 aliphatic carbocycles. The summed E-state index contributed by atoms with van der Waals surface area (Å²) in [5, 5.41) is 3.32. The van der Waals surface area contributed by atoms with Crippen molar-refractivity contribution in [2.24, 2.45) is 0 Å². The van der Waals surface area contributed by atoms with Gasteiger partial charge in [-0.2, -0.15) is 0 Å². The van der Waals surface area contributed by atoms with Crippen LogP contribution in [-0.2, 0) is 4.74 Å². The molecule has 1 atom stereocenters. The number of rotatable bonds is 4. The van der Waals surface area contributed by atoms with Crippen molar-refractivity contribution in [1.82, 2.24) is 5.32 Å². The van der Waals surface area contributed by atoms with Gasteiger partial charge in [-0.15, -0.1) is 0 Å². The summed E-state index contributed by atoms with van der Waals surface area (Å²) in [4.78, 5) is 0. The number of ether oxygens (including phenoxy) is 1. The summed E-state index contributed by atoms with van der Waals surface area (Å²) in [6, 6.07) is 11.6. The quantitative estimate of drug-likeness (QED) is 0.833. The molecule has 1 N–H and O–H groups in total. The van der Waals surface area contributed by atoms with E-state index in [2.05, 4.69) is 9.62 Å². The monoisotopic (exact) mass is 363 g/mol. The van der Waals surface area contributed by atoms with E-state index in [4.69, 9.17) is 4.74 Å². The zero-order valence-corrected chi connectivity index (χ0v) is 14.4. The molecule has 132 valence electrons. The second-order valence-corrected chi connectivity index (χ2v) is 6.99. The van der Waals surface area contributed by atoms with Crippen LogP contribution in [0.3, 0.4) is 0 Å². The molecule has 2 heterocycles. The topological polar surface area (TPSA) is 27.7 Å². The molecule has 2 aromatic carbocycles. The fraction of sp³-hybridized carbons (Fsp3) is 0.333. The maximum Gasteiger partial charge on any atom is 0.150 e. The van der Waals surface area contributed by atoms with Crippen LogP contribution in [0.1, 0.15) is 6.42 Å². The van der Waals surface area contributed by atoms with Crippen molar-refractivity contribution >= 4 is 29.2 Å². The molecule has 0 spiro atoms. The zero-order valence-electron chi connectivity index (χ0n) is 13.6. The normalized spacial score (nSPS) is 20.0. The molecule has 0 bridgehead atoms. The Morgan fingerprint density at radius 2 is 1.84 bits per heavy atom. The first kappa shape index (κ1) is 16.6. The van der Waals surface area contributed by atoms with Crippen LogP contribution in [-0.4, -0.2) is 32.3 Å². The van der Waals surface area contributed by atoms with Crippen molar-refractivity contribution in [1.29, 1.82) is 0 Å². The first-order valence-corrected chi connectivity index (χ1v) is 9.08. The molecule has 4 rings (SSSR count). The summed E-state index contributed by atoms with van der Waals surface area (Å²) in [6.07, 6.45) is 1.02. The lowest BCUT2D eigenvalue weighted by Gasteiger charge is -2.26. The molecule has 2 aromatic rings. The molecule has 25 heavy (non-hydrogen) atoms. The van der Waals surface area contributed by atoms with Gasteiger partial charge >= 0.3 is 0 Å². The number of benzene rings is 2. The minimum absolute atomic E-state index is 0.0296. The van der Waals surface area contributed by atoms with E-state index >= 15 is 0 Å². The Labute approximate surface area is 150 Å². The van der Waals surface area contributed by atoms with Gasteiger partial charge in [-0.05, 0) is 30.7 Å². The predicted molar refractivity (Wildman–Crippen MR) is 97.1 cm³/mol. The van der Waals surface area contributed by atoms with E-state index in [9.17, 15) is 8.78 Å². The molecule has 2 aliphatic heterocycles. The number of hydrogen-bond acceptors (Lipinski definition) is 5. The van der Waals surface area contributed by atoms with Gasteiger partial charge in [-0.25, -0.2) is 8.78 Å². The van der Waals surface area contributed by atoms with Crippen molar-refractivity contribution < 1.29 is 13.5 Å². The minimum atomic E-state index is -0.566. The Morgan fingerprint density at radius 3 is 2.56 bits per heavy atom. The molecule has 0 amide bonds. The number of halogens is 2. The number of para-hydroxylation sites is 3. The zero-order chi connectivity index (χ0) is 17.2. The number of nitrogens with one attached hydrogen (secondary N) is 1. The first-order chi connectivity index (χ1) is 12.2. The summed E-state index contributed by atoms with van der Waals surface area (Å²) in [6.45, 7) is 3.19. The molecule has 0 radical (unpaired) electrons. The summed E-state index contributed by atoms with van der Waals surface area (Å²) in [7, 11) is 0. The summed E-state index contributed by atoms with van der Waals surface area (Å²) in [5.41, 5.74) is 1.72. The van der Waals surface area contributed by atoms with Gasteiger partial charge in [0.15, 0.2) is 11.6 Å². The highest BCUT2D eigenvalue weighted by Crippen LogP contribution is 2.50. The van der Waals surface area contributed by atoms with E-state index in [0.717, 1.165) is 44.0 Å². The Bertz CT molecular complexity index is 735. The highest BCUT2D eigenvalue weighted by atomic mass is 32.2. The second kappa shape index (κ2) is 7.19. The van der Waals surface area contributed by atoms with Gasteiger partial charge in [0.1, 0.15) is 5.69 Å². The second-order valence-electron chi connectivity index (χ2n) is 6.02. The van der Waals surface area contributed by atoms with Crippen LogP contribution >= 0.6 is 12.1 Å². The lowest BCUT2D eigenvalue weighted by molar-refractivity contribution is 0.0254. The van der Waals surface area contributed by atoms with E-state index in [1.54, 1.807) is 4.31 Å². The molecule has 4 nitrogen and oxygen atoms in total. The lowest BCUT2D eigenvalue weighted by atomic mass is 10.2. The number of fused-ring (bicyclic) bond motifs is 1. The molecule has 1 saturated heterocycles. The SMILES string of the molecule is Fc1cccc(F)c1N1SN(CCC2CNCCO2)c2ccccc21. The van der Waals surface area contributed by atoms with Crippen molar-refractivity contribution in [3.05, 3.63) is 54.1 Å². The predicted octanol–water partition coefficient (Wildman–Crippen LogP) is 3.86. The van der Waals surface area contributed by atoms with E-state index < -0.39 is 11.6 Å². The third kappa shape index (κ3) is 3.31. The number of anilines is 3. The van der Waals surface area contributed by atoms with Crippen LogP contribution in [0.5, 0.6) is 0 Å². The van der Waals surface area contributed by atoms with E-state index in [1.807, 2.05) is 24.3 Å². The van der Waals surface area contributed by atoms with Crippen molar-refractivity contribution in [2.75, 3.05) is 34.9 Å². The van der Waals surface area contributed by atoms with Gasteiger partial charge in [0.25, 0.3) is 0 Å². The average Bonchev–Trinajstić information content (AvgIpc) is 3.00. The van der Waals surface area contributed by atoms with Crippen LogP contribution in [0, 0.1) is 11.6 Å². The molecule has 1 unspecified atom stereocenters. The van der Waals surface area contributed by atoms with Gasteiger partial charge in [0.05, 0.1) is 36.2 Å². The standard InChI is InChI=1S/C18H19F2N3OS/c19-14-4-3-5-15(20)18(14)23-17-7-2-1-6-16(17)22(25-23)10-8-13-12-21-9-11-24-13/h1-7,13,21H,8-12H2. The Morgan fingerprint density at radius 1 is 1.08 bits per heavy atom. The summed E-state index contributed by atoms with van der Waals surface area (Å²) >= 11 is 1.32. The number of hydrogen-bond donors (Lipinski definition) is 1. The van der Waals surface area contributed by atoms with E-state index in [-0.39, 0.29) is 11.8 Å². The highest BCUT2D eigenvalue weighted by Gasteiger charge is 2.32. The summed E-state index contributed by atoms with van der Waals surface area (Å²) in [5.74, 6) is -1.13. The highest BCUT2D eigenvalue weighted by molar-refractivity contribution is 8.02. The molecule has 7 heteroatoms. The Hall–Kier alpha value is -1.83. The lowest BCUT2D eigenvalue weighted by Crippen LogP contribution is -2.39. The Balaban J connectivity index is 1.57. The Kier molecular flexibility index (Phi) is 4.78. The molecule has 0 saturated carbocycles. The third-order valence-corrected chi connectivity index (χ3v) is 5.47. The number of morpholine rings is 1. The van der Waals surface area contributed by atoms with Crippen LogP contribution in [0.25, 0.3) is 0 Å². The number of nitrogens with zero attached hydrogens (tertiary/aromatic N) is 2. The summed E-state index contributed by atoms with van der Waals surface area (Å²) < 4.78 is 38.0. The molecular weight excluding hydrogens is 344 g/mol. The average molecular weight is 363 g/mol. The fourth-order valence-corrected chi connectivity index (χ4v) is 4.23. The van der Waals surface area contributed by atoms with Crippen molar-refractivity contribution in [2.45, 2.75) is 12.5 Å².